The van der Waals surface area contributed by atoms with Crippen LogP contribution in [-0.4, -0.2) is 43.2 Å². The summed E-state index contributed by atoms with van der Waals surface area (Å²) in [5.74, 6) is -3.61. The van der Waals surface area contributed by atoms with Gasteiger partial charge in [-0.15, -0.1) is 11.8 Å². The summed E-state index contributed by atoms with van der Waals surface area (Å²) in [6.45, 7) is 1.47. The average molecular weight is 432 g/mol. The first-order chi connectivity index (χ1) is 13.5. The maximum absolute atomic E-state index is 14.5. The van der Waals surface area contributed by atoms with Crippen LogP contribution >= 0.6 is 11.8 Å². The minimum absolute atomic E-state index is 0.0331. The van der Waals surface area contributed by atoms with Gasteiger partial charge in [0.15, 0.2) is 0 Å². The normalized spacial score (nSPS) is 12.8. The van der Waals surface area contributed by atoms with Crippen LogP contribution in [0.5, 0.6) is 0 Å². The van der Waals surface area contributed by atoms with Crippen molar-refractivity contribution in [1.82, 2.24) is 0 Å². The number of amides is 2. The number of methoxy groups -OCH3 is 1. The molecule has 0 N–H and O–H groups in total. The van der Waals surface area contributed by atoms with E-state index in [4.69, 9.17) is 4.74 Å². The second-order valence-electron chi connectivity index (χ2n) is 5.68. The fourth-order valence-corrected chi connectivity index (χ4v) is 3.10. The Hall–Kier alpha value is -2.71. The molecule has 0 aliphatic heterocycles. The van der Waals surface area contributed by atoms with Crippen LogP contribution in [0.1, 0.15) is 19.4 Å². The highest BCUT2D eigenvalue weighted by Crippen LogP contribution is 2.33. The van der Waals surface area contributed by atoms with Crippen molar-refractivity contribution in [2.75, 3.05) is 18.6 Å². The molecular weight excluding hydrogens is 416 g/mol. The second kappa shape index (κ2) is 10.2. The Bertz CT molecular complexity index is 878. The van der Waals surface area contributed by atoms with E-state index in [0.717, 1.165) is 30.8 Å². The third kappa shape index (κ3) is 6.40. The molecular formula is C18H16F4N2O4S. The van der Waals surface area contributed by atoms with Gasteiger partial charge in [0.25, 0.3) is 5.91 Å². The number of benzene rings is 1. The molecule has 2 amide bonds. The summed E-state index contributed by atoms with van der Waals surface area (Å²) in [5, 5.41) is 8.40. The van der Waals surface area contributed by atoms with Crippen molar-refractivity contribution in [3.05, 3.63) is 35.2 Å². The molecule has 0 saturated carbocycles. The highest BCUT2D eigenvalue weighted by Gasteiger charge is 2.32. The number of carbonyl (C=O) groups is 3. The number of nitriles is 1. The molecule has 0 aliphatic rings. The maximum atomic E-state index is 14.5. The van der Waals surface area contributed by atoms with Crippen LogP contribution < -0.4 is 4.90 Å². The number of hydrogen-bond acceptors (Lipinski definition) is 6. The van der Waals surface area contributed by atoms with E-state index in [0.29, 0.717) is 13.2 Å². The molecule has 1 unspecified atom stereocenters. The molecule has 0 saturated heterocycles. The van der Waals surface area contributed by atoms with E-state index in [1.54, 1.807) is 6.07 Å². The Kier molecular flexibility index (Phi) is 8.54. The Balaban J connectivity index is 3.50. The fraction of sp³-hybridized carbons (Fsp3) is 0.333. The number of carbonyl (C=O) groups excluding carboxylic acids is 3. The molecule has 1 aromatic rings. The second-order valence-corrected chi connectivity index (χ2v) is 6.96. The van der Waals surface area contributed by atoms with Gasteiger partial charge in [-0.05, 0) is 19.1 Å². The fourth-order valence-electron chi connectivity index (χ4n) is 2.10. The Morgan fingerprint density at radius 2 is 1.97 bits per heavy atom. The lowest BCUT2D eigenvalue weighted by molar-refractivity contribution is -0.123. The Morgan fingerprint density at radius 1 is 1.34 bits per heavy atom. The lowest BCUT2D eigenvalue weighted by Crippen LogP contribution is -2.35. The number of ether oxygens (including phenoxy) is 1. The van der Waals surface area contributed by atoms with E-state index in [2.05, 4.69) is 0 Å². The molecule has 1 atom stereocenters. The molecule has 0 fully saturated rings. The topological polar surface area (TPSA) is 87.5 Å². The maximum Gasteiger partial charge on any atom is 0.412 e. The highest BCUT2D eigenvalue weighted by molar-refractivity contribution is 8.00. The zero-order chi connectivity index (χ0) is 22.4. The van der Waals surface area contributed by atoms with Crippen LogP contribution in [0, 0.1) is 17.1 Å². The number of nitrogens with zero attached hydrogens (tertiary/aromatic N) is 2. The van der Waals surface area contributed by atoms with Crippen molar-refractivity contribution in [2.45, 2.75) is 30.2 Å². The largest absolute Gasteiger partial charge is 0.412 e. The van der Waals surface area contributed by atoms with Crippen molar-refractivity contribution in [3.8, 4) is 6.07 Å². The molecule has 1 rings (SSSR count). The summed E-state index contributed by atoms with van der Waals surface area (Å²) >= 11 is 0.819. The summed E-state index contributed by atoms with van der Waals surface area (Å²) in [4.78, 5) is 35.6. The molecule has 11 heteroatoms. The van der Waals surface area contributed by atoms with Crippen molar-refractivity contribution in [1.29, 1.82) is 5.26 Å². The smallest absolute Gasteiger partial charge is 0.383 e. The van der Waals surface area contributed by atoms with Gasteiger partial charge in [-0.3, -0.25) is 9.59 Å². The van der Waals surface area contributed by atoms with Gasteiger partial charge in [0, 0.05) is 30.6 Å². The quantitative estimate of drug-likeness (QED) is 0.284. The molecule has 0 aliphatic carbocycles. The molecule has 0 spiro atoms. The first-order valence-electron chi connectivity index (χ1n) is 7.90. The summed E-state index contributed by atoms with van der Waals surface area (Å²) in [6, 6.07) is 3.41. The number of aldehydes is 1. The van der Waals surface area contributed by atoms with Crippen LogP contribution in [0.15, 0.2) is 28.7 Å². The van der Waals surface area contributed by atoms with E-state index in [1.165, 1.54) is 7.11 Å². The van der Waals surface area contributed by atoms with Crippen molar-refractivity contribution in [3.63, 3.8) is 0 Å². The van der Waals surface area contributed by atoms with Gasteiger partial charge in [0.1, 0.15) is 18.2 Å². The number of hydrogen-bond donors (Lipinski definition) is 0. The monoisotopic (exact) mass is 432 g/mol. The van der Waals surface area contributed by atoms with Crippen LogP contribution in [0.2, 0.25) is 0 Å². The van der Waals surface area contributed by atoms with Gasteiger partial charge in [0.2, 0.25) is 5.91 Å². The van der Waals surface area contributed by atoms with Crippen LogP contribution in [-0.2, 0) is 19.1 Å². The van der Waals surface area contributed by atoms with Gasteiger partial charge in [-0.2, -0.15) is 18.4 Å². The molecule has 0 bridgehead atoms. The zero-order valence-corrected chi connectivity index (χ0v) is 16.4. The lowest BCUT2D eigenvalue weighted by Gasteiger charge is -2.21. The number of allylic oxidation sites excluding steroid dienone is 1. The van der Waals surface area contributed by atoms with Crippen molar-refractivity contribution in [2.24, 2.45) is 0 Å². The van der Waals surface area contributed by atoms with E-state index in [-0.39, 0.29) is 28.0 Å². The van der Waals surface area contributed by atoms with Gasteiger partial charge in [-0.1, -0.05) is 0 Å². The molecule has 0 heterocycles. The standard InChI is InChI=1S/C18H16F4N2O4S/c1-10(18(20,21)22)4-17(27)24(11(2)26)15-6-16(12(7-23)5-14(15)19)29-13(8-25)9-28-3/h4-6,8,13H,9H2,1-3H3/b10-4+. The SMILES string of the molecule is COCC(C=O)Sc1cc(N(C(C)=O)C(=O)/C=C(\C)C(F)(F)F)c(F)cc1C#N. The minimum Gasteiger partial charge on any atom is -0.383 e. The van der Waals surface area contributed by atoms with E-state index >= 15 is 0 Å². The van der Waals surface area contributed by atoms with Crippen molar-refractivity contribution < 1.29 is 36.7 Å². The van der Waals surface area contributed by atoms with E-state index < -0.39 is 40.3 Å². The Labute approximate surface area is 168 Å². The predicted molar refractivity (Wildman–Crippen MR) is 96.7 cm³/mol. The molecule has 0 aromatic heterocycles. The number of rotatable bonds is 7. The molecule has 156 valence electrons. The number of halogens is 4. The first-order valence-corrected chi connectivity index (χ1v) is 8.78. The zero-order valence-electron chi connectivity index (χ0n) is 15.5. The number of anilines is 1. The van der Waals surface area contributed by atoms with Crippen LogP contribution in [0.25, 0.3) is 0 Å². The van der Waals surface area contributed by atoms with E-state index in [1.807, 2.05) is 0 Å². The van der Waals surface area contributed by atoms with Crippen LogP contribution in [0.3, 0.4) is 0 Å². The summed E-state index contributed by atoms with van der Waals surface area (Å²) in [6.07, 6.45) is -4.10. The molecule has 6 nitrogen and oxygen atoms in total. The third-order valence-corrected chi connectivity index (χ3v) is 4.64. The third-order valence-electron chi connectivity index (χ3n) is 3.49. The summed E-state index contributed by atoms with van der Waals surface area (Å²) < 4.78 is 57.4. The summed E-state index contributed by atoms with van der Waals surface area (Å²) in [7, 11) is 1.34. The number of imide groups is 1. The first kappa shape index (κ1) is 24.3. The molecule has 29 heavy (non-hydrogen) atoms. The average Bonchev–Trinajstić information content (AvgIpc) is 2.62. The van der Waals surface area contributed by atoms with Crippen LogP contribution in [0.4, 0.5) is 23.2 Å². The van der Waals surface area contributed by atoms with Gasteiger partial charge < -0.3 is 9.53 Å². The minimum atomic E-state index is -4.81. The number of thioether (sulfide) groups is 1. The van der Waals surface area contributed by atoms with Gasteiger partial charge in [0.05, 0.1) is 23.1 Å². The number of alkyl halides is 3. The highest BCUT2D eigenvalue weighted by atomic mass is 32.2. The van der Waals surface area contributed by atoms with Gasteiger partial charge in [-0.25, -0.2) is 9.29 Å². The summed E-state index contributed by atoms with van der Waals surface area (Å²) in [5.41, 5.74) is -2.10. The van der Waals surface area contributed by atoms with E-state index in [9.17, 15) is 37.2 Å². The predicted octanol–water partition coefficient (Wildman–Crippen LogP) is 3.39. The molecule has 0 radical (unpaired) electrons. The lowest BCUT2D eigenvalue weighted by atomic mass is 10.1. The Morgan fingerprint density at radius 3 is 2.41 bits per heavy atom. The van der Waals surface area contributed by atoms with Gasteiger partial charge >= 0.3 is 6.18 Å². The van der Waals surface area contributed by atoms with Crippen molar-refractivity contribution >= 4 is 35.5 Å². The molecule has 1 aromatic carbocycles.